The molecule has 1 aliphatic carbocycles. The molecule has 1 fully saturated rings. The van der Waals surface area contributed by atoms with Crippen LogP contribution in [0, 0.1) is 5.92 Å². The number of carbonyl (C=O) groups excluding carboxylic acids is 3. The van der Waals surface area contributed by atoms with Gasteiger partial charge in [0.1, 0.15) is 23.9 Å². The molecule has 1 saturated carbocycles. The standard InChI is InChI=1S/C31H39ClN4O5/c1-36-26(18-37)30(39)35-25(16-19-7-12-23(32)13-8-19)29(38)33-15-3-6-21-4-2-5-22-11-14-24(41-28(21)22)17-34-27(31(36)40)20-9-10-20/h2,4-5,7-8,12-13,20,24-27,34,37H,3,6,9-11,14-18H2,1H3,(H,33,38)(H,35,39)/t24?,25-,26+,27+/m1/s1. The number of aliphatic hydroxyl groups is 1. The van der Waals surface area contributed by atoms with E-state index in [2.05, 4.69) is 28.1 Å². The van der Waals surface area contributed by atoms with Crippen LogP contribution in [-0.4, -0.2) is 78.7 Å². The van der Waals surface area contributed by atoms with E-state index < -0.39 is 30.6 Å². The van der Waals surface area contributed by atoms with E-state index in [1.54, 1.807) is 12.1 Å². The van der Waals surface area contributed by atoms with E-state index in [1.807, 2.05) is 18.2 Å². The molecule has 2 aromatic rings. The van der Waals surface area contributed by atoms with Crippen molar-refractivity contribution >= 4 is 29.3 Å². The van der Waals surface area contributed by atoms with Crippen molar-refractivity contribution in [1.29, 1.82) is 0 Å². The van der Waals surface area contributed by atoms with Gasteiger partial charge in [-0.2, -0.15) is 0 Å². The van der Waals surface area contributed by atoms with Crippen LogP contribution in [-0.2, 0) is 33.6 Å². The molecule has 0 aromatic heterocycles. The minimum Gasteiger partial charge on any atom is -0.489 e. The van der Waals surface area contributed by atoms with Crippen LogP contribution >= 0.6 is 11.6 Å². The minimum absolute atomic E-state index is 0.0767. The number of ether oxygens (including phenoxy) is 1. The Hall–Kier alpha value is -3.14. The van der Waals surface area contributed by atoms with Crippen molar-refractivity contribution in [2.45, 2.75) is 69.2 Å². The number of aliphatic hydroxyl groups excluding tert-OH is 1. The predicted octanol–water partition coefficient (Wildman–Crippen LogP) is 2.01. The van der Waals surface area contributed by atoms with Crippen molar-refractivity contribution in [2.24, 2.45) is 5.92 Å². The molecule has 2 bridgehead atoms. The van der Waals surface area contributed by atoms with Crippen molar-refractivity contribution < 1.29 is 24.2 Å². The molecule has 0 radical (unpaired) electrons. The SMILES string of the molecule is CN1C(=O)[C@H](C2CC2)NCC2CCc3cccc(c3O2)CCCNC(=O)[C@@H](Cc2ccc(Cl)cc2)NC(=O)[C@@H]1CO. The quantitative estimate of drug-likeness (QED) is 0.438. The number of halogens is 1. The number of benzene rings is 2. The van der Waals surface area contributed by atoms with E-state index >= 15 is 0 Å². The van der Waals surface area contributed by atoms with Gasteiger partial charge >= 0.3 is 0 Å². The van der Waals surface area contributed by atoms with Crippen molar-refractivity contribution in [3.8, 4) is 5.75 Å². The van der Waals surface area contributed by atoms with Crippen LogP contribution in [0.3, 0.4) is 0 Å². The number of carbonyl (C=O) groups is 3. The van der Waals surface area contributed by atoms with Crippen LogP contribution in [0.1, 0.15) is 42.4 Å². The molecule has 2 aliphatic heterocycles. The first-order chi connectivity index (χ1) is 19.8. The van der Waals surface area contributed by atoms with Crippen LogP contribution in [0.25, 0.3) is 0 Å². The van der Waals surface area contributed by atoms with Gasteiger partial charge in [-0.25, -0.2) is 0 Å². The molecule has 9 nitrogen and oxygen atoms in total. The van der Waals surface area contributed by atoms with Crippen LogP contribution in [0.5, 0.6) is 5.75 Å². The van der Waals surface area contributed by atoms with Crippen molar-refractivity contribution in [3.63, 3.8) is 0 Å². The van der Waals surface area contributed by atoms with Gasteiger partial charge in [0.15, 0.2) is 0 Å². The molecular formula is C31H39ClN4O5. The summed E-state index contributed by atoms with van der Waals surface area (Å²) < 4.78 is 6.45. The number of para-hydroxylation sites is 1. The van der Waals surface area contributed by atoms with Crippen LogP contribution < -0.4 is 20.7 Å². The molecule has 41 heavy (non-hydrogen) atoms. The first-order valence-corrected chi connectivity index (χ1v) is 14.9. The second-order valence-corrected chi connectivity index (χ2v) is 11.8. The average Bonchev–Trinajstić information content (AvgIpc) is 3.81. The van der Waals surface area contributed by atoms with Crippen molar-refractivity contribution in [1.82, 2.24) is 20.9 Å². The van der Waals surface area contributed by atoms with E-state index in [1.165, 1.54) is 17.5 Å². The van der Waals surface area contributed by atoms with Gasteiger partial charge < -0.3 is 30.7 Å². The molecule has 2 heterocycles. The lowest BCUT2D eigenvalue weighted by molar-refractivity contribution is -0.143. The number of rotatable bonds is 4. The molecule has 4 N–H and O–H groups in total. The number of amides is 3. The summed E-state index contributed by atoms with van der Waals surface area (Å²) in [5.74, 6) is -0.0712. The maximum atomic E-state index is 13.6. The predicted molar refractivity (Wildman–Crippen MR) is 156 cm³/mol. The maximum Gasteiger partial charge on any atom is 0.245 e. The molecule has 0 saturated heterocycles. The molecule has 3 amide bonds. The molecule has 4 atom stereocenters. The minimum atomic E-state index is -1.13. The fourth-order valence-electron chi connectivity index (χ4n) is 5.71. The van der Waals surface area contributed by atoms with Crippen LogP contribution in [0.2, 0.25) is 5.02 Å². The number of hydrogen-bond acceptors (Lipinski definition) is 6. The monoisotopic (exact) mass is 582 g/mol. The molecule has 2 aromatic carbocycles. The largest absolute Gasteiger partial charge is 0.489 e. The highest BCUT2D eigenvalue weighted by Gasteiger charge is 2.41. The summed E-state index contributed by atoms with van der Waals surface area (Å²) in [5, 5.41) is 20.0. The Morgan fingerprint density at radius 1 is 1.00 bits per heavy atom. The highest BCUT2D eigenvalue weighted by molar-refractivity contribution is 6.30. The Balaban J connectivity index is 1.40. The summed E-state index contributed by atoms with van der Waals surface area (Å²) in [4.78, 5) is 41.7. The zero-order valence-electron chi connectivity index (χ0n) is 23.4. The topological polar surface area (TPSA) is 120 Å². The Labute approximate surface area is 246 Å². The van der Waals surface area contributed by atoms with Crippen LogP contribution in [0.15, 0.2) is 42.5 Å². The second-order valence-electron chi connectivity index (χ2n) is 11.3. The highest BCUT2D eigenvalue weighted by Crippen LogP contribution is 2.35. The van der Waals surface area contributed by atoms with Gasteiger partial charge in [-0.05, 0) is 73.3 Å². The number of nitrogens with one attached hydrogen (secondary N) is 3. The van der Waals surface area contributed by atoms with E-state index in [9.17, 15) is 19.5 Å². The average molecular weight is 583 g/mol. The van der Waals surface area contributed by atoms with Gasteiger partial charge in [0.2, 0.25) is 17.7 Å². The van der Waals surface area contributed by atoms with E-state index in [0.29, 0.717) is 24.5 Å². The Morgan fingerprint density at radius 3 is 2.44 bits per heavy atom. The number of hydrogen-bond donors (Lipinski definition) is 4. The van der Waals surface area contributed by atoms with Crippen molar-refractivity contribution in [3.05, 3.63) is 64.2 Å². The lowest BCUT2D eigenvalue weighted by atomic mass is 9.96. The van der Waals surface area contributed by atoms with Gasteiger partial charge in [0.25, 0.3) is 0 Å². The third-order valence-corrected chi connectivity index (χ3v) is 8.57. The fourth-order valence-corrected chi connectivity index (χ4v) is 5.84. The lowest BCUT2D eigenvalue weighted by Gasteiger charge is -2.33. The van der Waals surface area contributed by atoms with Gasteiger partial charge in [0.05, 0.1) is 12.6 Å². The van der Waals surface area contributed by atoms with E-state index in [0.717, 1.165) is 49.0 Å². The summed E-state index contributed by atoms with van der Waals surface area (Å²) in [6, 6.07) is 10.8. The zero-order chi connectivity index (χ0) is 28.9. The molecular weight excluding hydrogens is 544 g/mol. The third kappa shape index (κ3) is 7.20. The lowest BCUT2D eigenvalue weighted by Crippen LogP contribution is -2.59. The molecule has 1 unspecified atom stereocenters. The van der Waals surface area contributed by atoms with Gasteiger partial charge in [-0.1, -0.05) is 41.9 Å². The van der Waals surface area contributed by atoms with E-state index in [-0.39, 0.29) is 30.3 Å². The second kappa shape index (κ2) is 13.2. The summed E-state index contributed by atoms with van der Waals surface area (Å²) in [6.07, 6.45) is 5.19. The summed E-state index contributed by atoms with van der Waals surface area (Å²) in [6.45, 7) is 0.376. The summed E-state index contributed by atoms with van der Waals surface area (Å²) in [7, 11) is 1.53. The number of nitrogens with zero attached hydrogens (tertiary/aromatic N) is 1. The molecule has 10 heteroatoms. The number of aryl methyl sites for hydroxylation is 2. The molecule has 220 valence electrons. The summed E-state index contributed by atoms with van der Waals surface area (Å²) in [5.41, 5.74) is 3.11. The summed E-state index contributed by atoms with van der Waals surface area (Å²) >= 11 is 6.04. The third-order valence-electron chi connectivity index (χ3n) is 8.32. The first kappa shape index (κ1) is 29.4. The molecule has 0 spiro atoms. The number of fused-ring (bicyclic) bond motifs is 1. The molecule has 5 rings (SSSR count). The van der Waals surface area contributed by atoms with Crippen molar-refractivity contribution in [2.75, 3.05) is 26.7 Å². The molecule has 3 aliphatic rings. The van der Waals surface area contributed by atoms with E-state index in [4.69, 9.17) is 16.3 Å². The van der Waals surface area contributed by atoms with Gasteiger partial charge in [-0.3, -0.25) is 14.4 Å². The fraction of sp³-hybridized carbons (Fsp3) is 0.516. The Bertz CT molecular complexity index is 1250. The number of likely N-dealkylation sites (N-methyl/N-ethyl adjacent to an activating group) is 1. The van der Waals surface area contributed by atoms with Gasteiger partial charge in [-0.15, -0.1) is 0 Å². The normalized spacial score (nSPS) is 26.3. The zero-order valence-corrected chi connectivity index (χ0v) is 24.2. The Morgan fingerprint density at radius 2 is 1.73 bits per heavy atom. The Kier molecular flexibility index (Phi) is 9.47. The smallest absolute Gasteiger partial charge is 0.245 e. The first-order valence-electron chi connectivity index (χ1n) is 14.5. The van der Waals surface area contributed by atoms with Gasteiger partial charge in [0, 0.05) is 31.6 Å². The van der Waals surface area contributed by atoms with Crippen LogP contribution in [0.4, 0.5) is 0 Å². The maximum absolute atomic E-state index is 13.6. The highest BCUT2D eigenvalue weighted by atomic mass is 35.5.